The molecule has 132 valence electrons. The first-order valence-electron chi connectivity index (χ1n) is 7.95. The highest BCUT2D eigenvalue weighted by atomic mass is 35.5. The summed E-state index contributed by atoms with van der Waals surface area (Å²) in [6, 6.07) is 13.3. The summed E-state index contributed by atoms with van der Waals surface area (Å²) in [5.74, 6) is 0.997. The van der Waals surface area contributed by atoms with E-state index in [1.54, 1.807) is 31.4 Å². The molecule has 0 aromatic heterocycles. The van der Waals surface area contributed by atoms with Crippen molar-refractivity contribution in [1.29, 1.82) is 0 Å². The molecule has 5 heteroatoms. The molecule has 4 nitrogen and oxygen atoms in total. The fourth-order valence-corrected chi connectivity index (χ4v) is 2.50. The van der Waals surface area contributed by atoms with Gasteiger partial charge in [0.1, 0.15) is 5.75 Å². The van der Waals surface area contributed by atoms with Crippen LogP contribution < -0.4 is 10.1 Å². The molecule has 0 saturated heterocycles. The molecule has 0 aliphatic carbocycles. The summed E-state index contributed by atoms with van der Waals surface area (Å²) >= 11 is 0. The molecule has 0 bridgehead atoms. The molecular weight excluding hydrogens is 326 g/mol. The van der Waals surface area contributed by atoms with Gasteiger partial charge in [-0.25, -0.2) is 0 Å². The predicted octanol–water partition coefficient (Wildman–Crippen LogP) is 3.68. The van der Waals surface area contributed by atoms with Gasteiger partial charge in [0.2, 0.25) is 0 Å². The number of benzene rings is 2. The van der Waals surface area contributed by atoms with E-state index in [9.17, 15) is 10.2 Å². The zero-order valence-electron chi connectivity index (χ0n) is 14.2. The van der Waals surface area contributed by atoms with E-state index in [1.807, 2.05) is 18.2 Å². The summed E-state index contributed by atoms with van der Waals surface area (Å²) in [6.45, 7) is 3.04. The number of rotatable bonds is 8. The normalized spacial score (nSPS) is 11.6. The number of hydrogen-bond acceptors (Lipinski definition) is 4. The molecule has 0 aliphatic rings. The lowest BCUT2D eigenvalue weighted by Gasteiger charge is -2.14. The minimum atomic E-state index is 0. The van der Waals surface area contributed by atoms with Gasteiger partial charge in [-0.05, 0) is 68.1 Å². The monoisotopic (exact) mass is 351 g/mol. The van der Waals surface area contributed by atoms with Crippen molar-refractivity contribution in [2.75, 3.05) is 13.7 Å². The molecule has 0 aliphatic heterocycles. The molecule has 2 rings (SSSR count). The Kier molecular flexibility index (Phi) is 8.44. The molecule has 0 fully saturated rings. The van der Waals surface area contributed by atoms with Gasteiger partial charge in [-0.3, -0.25) is 0 Å². The molecular formula is C19H26ClNO3. The first kappa shape index (κ1) is 20.1. The van der Waals surface area contributed by atoms with Crippen LogP contribution in [-0.4, -0.2) is 29.9 Å². The molecule has 2 aromatic carbocycles. The molecule has 2 aromatic rings. The molecule has 0 heterocycles. The van der Waals surface area contributed by atoms with Gasteiger partial charge in [-0.2, -0.15) is 0 Å². The number of phenols is 2. The third-order valence-corrected chi connectivity index (χ3v) is 3.95. The Hall–Kier alpha value is -1.91. The quantitative estimate of drug-likeness (QED) is 0.679. The Balaban J connectivity index is 0.00000288. The van der Waals surface area contributed by atoms with Gasteiger partial charge in [0.05, 0.1) is 7.11 Å². The summed E-state index contributed by atoms with van der Waals surface area (Å²) < 4.78 is 5.04. The van der Waals surface area contributed by atoms with Crippen LogP contribution in [0.2, 0.25) is 0 Å². The molecule has 0 spiro atoms. The summed E-state index contributed by atoms with van der Waals surface area (Å²) in [5, 5.41) is 22.5. The highest BCUT2D eigenvalue weighted by Gasteiger charge is 2.05. The Morgan fingerprint density at radius 3 is 2.29 bits per heavy atom. The van der Waals surface area contributed by atoms with E-state index in [1.165, 1.54) is 5.56 Å². The smallest absolute Gasteiger partial charge is 0.160 e. The number of nitrogens with one attached hydrogen (secondary N) is 1. The largest absolute Gasteiger partial charge is 0.508 e. The highest BCUT2D eigenvalue weighted by Crippen LogP contribution is 2.26. The minimum absolute atomic E-state index is 0. The number of methoxy groups -OCH3 is 1. The lowest BCUT2D eigenvalue weighted by atomic mass is 10.1. The first-order valence-corrected chi connectivity index (χ1v) is 7.95. The van der Waals surface area contributed by atoms with Gasteiger partial charge in [-0.1, -0.05) is 18.2 Å². The summed E-state index contributed by atoms with van der Waals surface area (Å²) in [6.07, 6.45) is 2.89. The van der Waals surface area contributed by atoms with E-state index in [0.717, 1.165) is 31.4 Å². The maximum Gasteiger partial charge on any atom is 0.160 e. The van der Waals surface area contributed by atoms with Crippen LogP contribution in [0.5, 0.6) is 17.2 Å². The zero-order chi connectivity index (χ0) is 16.7. The maximum absolute atomic E-state index is 9.77. The van der Waals surface area contributed by atoms with Crippen LogP contribution in [0, 0.1) is 0 Å². The average molecular weight is 352 g/mol. The number of phenolic OH excluding ortho intramolecular Hbond substituents is 2. The van der Waals surface area contributed by atoms with Crippen molar-refractivity contribution in [2.24, 2.45) is 0 Å². The zero-order valence-corrected chi connectivity index (χ0v) is 15.0. The van der Waals surface area contributed by atoms with E-state index in [2.05, 4.69) is 12.2 Å². The summed E-state index contributed by atoms with van der Waals surface area (Å²) in [7, 11) is 1.55. The van der Waals surface area contributed by atoms with Gasteiger partial charge < -0.3 is 20.3 Å². The van der Waals surface area contributed by atoms with Gasteiger partial charge >= 0.3 is 0 Å². The third kappa shape index (κ3) is 6.30. The second kappa shape index (κ2) is 10.1. The molecule has 24 heavy (non-hydrogen) atoms. The van der Waals surface area contributed by atoms with Crippen LogP contribution in [0.25, 0.3) is 0 Å². The van der Waals surface area contributed by atoms with Crippen molar-refractivity contribution in [2.45, 2.75) is 32.2 Å². The molecule has 3 N–H and O–H groups in total. The molecule has 1 atom stereocenters. The van der Waals surface area contributed by atoms with Gasteiger partial charge in [0.25, 0.3) is 0 Å². The summed E-state index contributed by atoms with van der Waals surface area (Å²) in [4.78, 5) is 0. The Labute approximate surface area is 149 Å². The number of halogens is 1. The van der Waals surface area contributed by atoms with Crippen LogP contribution in [0.15, 0.2) is 42.5 Å². The number of ether oxygens (including phenoxy) is 1. The fraction of sp³-hybridized carbons (Fsp3) is 0.368. The summed E-state index contributed by atoms with van der Waals surface area (Å²) in [5.41, 5.74) is 2.32. The van der Waals surface area contributed by atoms with Crippen molar-refractivity contribution >= 4 is 12.4 Å². The van der Waals surface area contributed by atoms with E-state index in [4.69, 9.17) is 4.74 Å². The van der Waals surface area contributed by atoms with Gasteiger partial charge in [0, 0.05) is 6.04 Å². The second-order valence-electron chi connectivity index (χ2n) is 5.82. The van der Waals surface area contributed by atoms with Crippen LogP contribution in [-0.2, 0) is 12.8 Å². The van der Waals surface area contributed by atoms with Crippen LogP contribution >= 0.6 is 12.4 Å². The van der Waals surface area contributed by atoms with Gasteiger partial charge in [-0.15, -0.1) is 12.4 Å². The van der Waals surface area contributed by atoms with Crippen LogP contribution in [0.4, 0.5) is 0 Å². The van der Waals surface area contributed by atoms with Crippen molar-refractivity contribution < 1.29 is 14.9 Å². The number of aryl methyl sites for hydroxylation is 1. The number of aromatic hydroxyl groups is 2. The van der Waals surface area contributed by atoms with Gasteiger partial charge in [0.15, 0.2) is 11.5 Å². The Morgan fingerprint density at radius 2 is 1.67 bits per heavy atom. The Morgan fingerprint density at radius 1 is 1.00 bits per heavy atom. The van der Waals surface area contributed by atoms with Crippen molar-refractivity contribution in [3.05, 3.63) is 53.6 Å². The second-order valence-corrected chi connectivity index (χ2v) is 5.82. The van der Waals surface area contributed by atoms with Crippen molar-refractivity contribution in [3.63, 3.8) is 0 Å². The lowest BCUT2D eigenvalue weighted by Crippen LogP contribution is -2.28. The minimum Gasteiger partial charge on any atom is -0.508 e. The maximum atomic E-state index is 9.77. The van der Waals surface area contributed by atoms with E-state index >= 15 is 0 Å². The Bertz CT molecular complexity index is 617. The molecule has 1 unspecified atom stereocenters. The van der Waals surface area contributed by atoms with Crippen molar-refractivity contribution in [1.82, 2.24) is 5.32 Å². The predicted molar refractivity (Wildman–Crippen MR) is 99.5 cm³/mol. The van der Waals surface area contributed by atoms with Crippen LogP contribution in [0.1, 0.15) is 24.5 Å². The number of hydrogen-bond donors (Lipinski definition) is 3. The standard InChI is InChI=1S/C19H25NO3.ClH/c1-14(3-4-15-5-8-17(21)9-6-15)20-12-11-16-7-10-19(23-2)18(22)13-16;/h5-10,13-14,20-22H,3-4,11-12H2,1-2H3;1H. The first-order chi connectivity index (χ1) is 11.1. The SMILES string of the molecule is COc1ccc(CCNC(C)CCc2ccc(O)cc2)cc1O.Cl. The molecule has 0 radical (unpaired) electrons. The van der Waals surface area contributed by atoms with E-state index < -0.39 is 0 Å². The molecule has 0 saturated carbocycles. The fourth-order valence-electron chi connectivity index (χ4n) is 2.50. The lowest BCUT2D eigenvalue weighted by molar-refractivity contribution is 0.373. The highest BCUT2D eigenvalue weighted by molar-refractivity contribution is 5.85. The van der Waals surface area contributed by atoms with E-state index in [-0.39, 0.29) is 18.2 Å². The van der Waals surface area contributed by atoms with E-state index in [0.29, 0.717) is 17.5 Å². The van der Waals surface area contributed by atoms with Crippen LogP contribution in [0.3, 0.4) is 0 Å². The van der Waals surface area contributed by atoms with Crippen molar-refractivity contribution in [3.8, 4) is 17.2 Å². The average Bonchev–Trinajstić information content (AvgIpc) is 2.54. The third-order valence-electron chi connectivity index (χ3n) is 3.95. The molecule has 0 amide bonds. The topological polar surface area (TPSA) is 61.7 Å².